The van der Waals surface area contributed by atoms with E-state index < -0.39 is 5.97 Å². The molecule has 0 saturated carbocycles. The van der Waals surface area contributed by atoms with Crippen LogP contribution in [0, 0.1) is 0 Å². The SMILES string of the molecule is COC(=O)c1ccc(Br)c(OC)c1-c1nc(Cl)c2cc(OC)c(Br)cc2n1. The molecule has 1 heterocycles. The zero-order valence-corrected chi connectivity index (χ0v) is 18.4. The number of rotatable bonds is 4. The van der Waals surface area contributed by atoms with Crippen LogP contribution in [0.5, 0.6) is 11.5 Å². The number of nitrogens with zero attached hydrogens (tertiary/aromatic N) is 2. The molecule has 0 amide bonds. The van der Waals surface area contributed by atoms with Gasteiger partial charge in [-0.05, 0) is 56.1 Å². The van der Waals surface area contributed by atoms with Crippen molar-refractivity contribution in [3.63, 3.8) is 0 Å². The van der Waals surface area contributed by atoms with Crippen LogP contribution in [0.3, 0.4) is 0 Å². The lowest BCUT2D eigenvalue weighted by molar-refractivity contribution is 0.0601. The minimum atomic E-state index is -0.536. The molecule has 3 aromatic rings. The Morgan fingerprint density at radius 2 is 1.78 bits per heavy atom. The molecule has 0 aliphatic rings. The summed E-state index contributed by atoms with van der Waals surface area (Å²) in [6, 6.07) is 6.82. The van der Waals surface area contributed by atoms with Crippen LogP contribution in [0.4, 0.5) is 0 Å². The van der Waals surface area contributed by atoms with Crippen LogP contribution in [-0.2, 0) is 4.74 Å². The minimum Gasteiger partial charge on any atom is -0.496 e. The van der Waals surface area contributed by atoms with E-state index in [1.54, 1.807) is 31.4 Å². The van der Waals surface area contributed by atoms with E-state index in [1.165, 1.54) is 14.2 Å². The van der Waals surface area contributed by atoms with Crippen molar-refractivity contribution in [2.75, 3.05) is 21.3 Å². The van der Waals surface area contributed by atoms with Crippen molar-refractivity contribution in [2.45, 2.75) is 0 Å². The van der Waals surface area contributed by atoms with E-state index in [9.17, 15) is 4.79 Å². The standard InChI is InChI=1S/C18H13Br2ClN2O4/c1-25-13-6-9-12(7-11(13)20)22-17(23-16(9)21)14-8(18(24)27-3)4-5-10(19)15(14)26-2/h4-7H,1-3H3. The molecule has 0 aliphatic carbocycles. The number of halogens is 3. The lowest BCUT2D eigenvalue weighted by Crippen LogP contribution is -2.07. The van der Waals surface area contributed by atoms with E-state index >= 15 is 0 Å². The smallest absolute Gasteiger partial charge is 0.338 e. The Hall–Kier alpha value is -1.90. The van der Waals surface area contributed by atoms with Crippen molar-refractivity contribution in [1.29, 1.82) is 0 Å². The monoisotopic (exact) mass is 514 g/mol. The quantitative estimate of drug-likeness (QED) is 0.347. The average molecular weight is 517 g/mol. The molecule has 1 aromatic heterocycles. The fourth-order valence-electron chi connectivity index (χ4n) is 2.62. The second kappa shape index (κ2) is 8.00. The predicted molar refractivity (Wildman–Crippen MR) is 110 cm³/mol. The van der Waals surface area contributed by atoms with Gasteiger partial charge in [-0.2, -0.15) is 0 Å². The summed E-state index contributed by atoms with van der Waals surface area (Å²) < 4.78 is 17.0. The van der Waals surface area contributed by atoms with Crippen LogP contribution in [0.2, 0.25) is 5.15 Å². The van der Waals surface area contributed by atoms with Crippen molar-refractivity contribution in [3.8, 4) is 22.9 Å². The van der Waals surface area contributed by atoms with E-state index in [0.29, 0.717) is 36.9 Å². The van der Waals surface area contributed by atoms with Gasteiger partial charge in [-0.25, -0.2) is 14.8 Å². The van der Waals surface area contributed by atoms with Gasteiger partial charge in [0.05, 0.1) is 46.9 Å². The maximum atomic E-state index is 12.3. The molecule has 0 fully saturated rings. The highest BCUT2D eigenvalue weighted by atomic mass is 79.9. The third-order valence-electron chi connectivity index (χ3n) is 3.87. The Kier molecular flexibility index (Phi) is 5.88. The molecule has 0 radical (unpaired) electrons. The second-order valence-corrected chi connectivity index (χ2v) is 7.40. The Balaban J connectivity index is 2.35. The maximum absolute atomic E-state index is 12.3. The van der Waals surface area contributed by atoms with E-state index in [0.717, 1.165) is 0 Å². The highest BCUT2D eigenvalue weighted by Crippen LogP contribution is 2.40. The molecular formula is C18H13Br2ClN2O4. The summed E-state index contributed by atoms with van der Waals surface area (Å²) in [6.07, 6.45) is 0. The molecular weight excluding hydrogens is 503 g/mol. The minimum absolute atomic E-state index is 0.221. The fourth-order valence-corrected chi connectivity index (χ4v) is 3.84. The summed E-state index contributed by atoms with van der Waals surface area (Å²) in [4.78, 5) is 21.2. The first-order valence-electron chi connectivity index (χ1n) is 7.57. The van der Waals surface area contributed by atoms with Crippen LogP contribution in [-0.4, -0.2) is 37.3 Å². The van der Waals surface area contributed by atoms with Crippen LogP contribution in [0.1, 0.15) is 10.4 Å². The highest BCUT2D eigenvalue weighted by Gasteiger charge is 2.23. The topological polar surface area (TPSA) is 70.5 Å². The molecule has 0 bridgehead atoms. The van der Waals surface area contributed by atoms with Gasteiger partial charge in [0.25, 0.3) is 0 Å². The fraction of sp³-hybridized carbons (Fsp3) is 0.167. The first-order valence-corrected chi connectivity index (χ1v) is 9.53. The number of ether oxygens (including phenoxy) is 3. The Morgan fingerprint density at radius 1 is 1.04 bits per heavy atom. The Labute approximate surface area is 177 Å². The number of carbonyl (C=O) groups is 1. The van der Waals surface area contributed by atoms with Crippen molar-refractivity contribution >= 4 is 60.3 Å². The van der Waals surface area contributed by atoms with E-state index in [4.69, 9.17) is 25.8 Å². The van der Waals surface area contributed by atoms with Crippen molar-refractivity contribution in [1.82, 2.24) is 9.97 Å². The first kappa shape index (κ1) is 19.9. The van der Waals surface area contributed by atoms with Crippen molar-refractivity contribution in [2.24, 2.45) is 0 Å². The zero-order chi connectivity index (χ0) is 19.7. The number of fused-ring (bicyclic) bond motifs is 1. The summed E-state index contributed by atoms with van der Waals surface area (Å²) in [5.74, 6) is 0.714. The Bertz CT molecular complexity index is 1060. The lowest BCUT2D eigenvalue weighted by atomic mass is 10.0. The number of methoxy groups -OCH3 is 3. The first-order chi connectivity index (χ1) is 12.9. The van der Waals surface area contributed by atoms with Gasteiger partial charge < -0.3 is 14.2 Å². The summed E-state index contributed by atoms with van der Waals surface area (Å²) in [5, 5.41) is 0.840. The molecule has 0 N–H and O–H groups in total. The maximum Gasteiger partial charge on any atom is 0.338 e. The van der Waals surface area contributed by atoms with Gasteiger partial charge in [0.1, 0.15) is 16.7 Å². The predicted octanol–water partition coefficient (Wildman–Crippen LogP) is 5.28. The van der Waals surface area contributed by atoms with Gasteiger partial charge in [0, 0.05) is 5.39 Å². The van der Waals surface area contributed by atoms with Gasteiger partial charge in [-0.3, -0.25) is 0 Å². The normalized spacial score (nSPS) is 10.7. The molecule has 0 atom stereocenters. The second-order valence-electron chi connectivity index (χ2n) is 5.34. The third-order valence-corrected chi connectivity index (χ3v) is 5.40. The molecule has 27 heavy (non-hydrogen) atoms. The molecule has 0 aliphatic heterocycles. The van der Waals surface area contributed by atoms with Crippen LogP contribution in [0.25, 0.3) is 22.3 Å². The Morgan fingerprint density at radius 3 is 2.41 bits per heavy atom. The van der Waals surface area contributed by atoms with Gasteiger partial charge in [0.2, 0.25) is 0 Å². The van der Waals surface area contributed by atoms with Gasteiger partial charge in [0.15, 0.2) is 5.82 Å². The molecule has 9 heteroatoms. The molecule has 2 aromatic carbocycles. The third kappa shape index (κ3) is 3.61. The largest absolute Gasteiger partial charge is 0.496 e. The van der Waals surface area contributed by atoms with Gasteiger partial charge in [-0.15, -0.1) is 0 Å². The zero-order valence-electron chi connectivity index (χ0n) is 14.5. The average Bonchev–Trinajstić information content (AvgIpc) is 2.66. The summed E-state index contributed by atoms with van der Waals surface area (Å²) in [5.41, 5.74) is 1.23. The highest BCUT2D eigenvalue weighted by molar-refractivity contribution is 9.11. The van der Waals surface area contributed by atoms with Gasteiger partial charge in [-0.1, -0.05) is 11.6 Å². The van der Waals surface area contributed by atoms with Crippen LogP contribution in [0.15, 0.2) is 33.2 Å². The molecule has 0 saturated heterocycles. The summed E-state index contributed by atoms with van der Waals surface area (Å²) >= 11 is 13.3. The molecule has 0 spiro atoms. The van der Waals surface area contributed by atoms with E-state index in [2.05, 4.69) is 41.8 Å². The van der Waals surface area contributed by atoms with Gasteiger partial charge >= 0.3 is 5.97 Å². The van der Waals surface area contributed by atoms with Crippen LogP contribution < -0.4 is 9.47 Å². The van der Waals surface area contributed by atoms with E-state index in [-0.39, 0.29) is 16.5 Å². The van der Waals surface area contributed by atoms with Crippen molar-refractivity contribution in [3.05, 3.63) is 43.9 Å². The number of esters is 1. The molecule has 3 rings (SSSR count). The molecule has 140 valence electrons. The number of carbonyl (C=O) groups excluding carboxylic acids is 1. The molecule has 0 unspecified atom stereocenters. The van der Waals surface area contributed by atoms with E-state index in [1.807, 2.05) is 0 Å². The van der Waals surface area contributed by atoms with Crippen LogP contribution >= 0.6 is 43.5 Å². The summed E-state index contributed by atoms with van der Waals surface area (Å²) in [7, 11) is 4.36. The number of hydrogen-bond acceptors (Lipinski definition) is 6. The van der Waals surface area contributed by atoms with Crippen molar-refractivity contribution < 1.29 is 19.0 Å². The molecule has 6 nitrogen and oxygen atoms in total. The lowest BCUT2D eigenvalue weighted by Gasteiger charge is -2.14. The number of aromatic nitrogens is 2. The number of hydrogen-bond donors (Lipinski definition) is 0. The number of benzene rings is 2. The summed E-state index contributed by atoms with van der Waals surface area (Å²) in [6.45, 7) is 0.